The predicted octanol–water partition coefficient (Wildman–Crippen LogP) is 4.11. The van der Waals surface area contributed by atoms with Gasteiger partial charge in [-0.25, -0.2) is 14.2 Å². The van der Waals surface area contributed by atoms with Crippen molar-refractivity contribution in [3.8, 4) is 11.4 Å². The Morgan fingerprint density at radius 3 is 2.79 bits per heavy atom. The lowest BCUT2D eigenvalue weighted by Gasteiger charge is -2.19. The Balaban J connectivity index is 1.52. The number of nitrogens with one attached hydrogen (secondary N) is 2. The highest BCUT2D eigenvalue weighted by Gasteiger charge is 2.20. The van der Waals surface area contributed by atoms with Crippen LogP contribution >= 0.6 is 0 Å². The summed E-state index contributed by atoms with van der Waals surface area (Å²) >= 11 is 0. The Morgan fingerprint density at radius 2 is 2.03 bits per heavy atom. The summed E-state index contributed by atoms with van der Waals surface area (Å²) in [5.41, 5.74) is 1.23. The van der Waals surface area contributed by atoms with E-state index in [-0.39, 0.29) is 23.8 Å². The van der Waals surface area contributed by atoms with Gasteiger partial charge in [-0.15, -0.1) is 0 Å². The number of carbonyl (C=O) groups excluding carboxylic acids is 2. The summed E-state index contributed by atoms with van der Waals surface area (Å²) in [5.74, 6) is -0.951. The fraction of sp³-hybridized carbons (Fsp3) is 0.261. The first kappa shape index (κ1) is 22.9. The van der Waals surface area contributed by atoms with E-state index in [1.54, 1.807) is 50.4 Å². The molecule has 0 aliphatic rings. The first-order valence-corrected chi connectivity index (χ1v) is 10.4. The fourth-order valence-electron chi connectivity index (χ4n) is 3.16. The zero-order valence-corrected chi connectivity index (χ0v) is 19.0. The second-order valence-electron chi connectivity index (χ2n) is 8.54. The molecule has 4 aromatic rings. The molecule has 0 atom stereocenters. The van der Waals surface area contributed by atoms with Crippen molar-refractivity contribution in [3.05, 3.63) is 65.7 Å². The molecule has 11 heteroatoms. The third kappa shape index (κ3) is 5.03. The number of pyridine rings is 1. The standard InChI is InChI=1S/C23H23FN6O4/c1-13-9-15(24)14(20-28-19(34-29-20)12-26-22(32)33-23(2,3)4)10-16(13)27-21(31)17-11-25-18-7-5-6-8-30(17)18/h5-11H,12H2,1-4H3,(H,26,32)(H,27,31). The molecule has 0 spiro atoms. The van der Waals surface area contributed by atoms with Gasteiger partial charge in [0.2, 0.25) is 11.7 Å². The molecule has 0 saturated carbocycles. The molecular weight excluding hydrogens is 443 g/mol. The molecule has 0 bridgehead atoms. The van der Waals surface area contributed by atoms with Crippen LogP contribution in [-0.4, -0.2) is 37.1 Å². The minimum atomic E-state index is -0.654. The van der Waals surface area contributed by atoms with E-state index >= 15 is 0 Å². The molecule has 176 valence electrons. The summed E-state index contributed by atoms with van der Waals surface area (Å²) in [5, 5.41) is 9.08. The molecule has 0 saturated heterocycles. The van der Waals surface area contributed by atoms with Gasteiger partial charge in [-0.1, -0.05) is 11.2 Å². The zero-order chi connectivity index (χ0) is 24.5. The van der Waals surface area contributed by atoms with Gasteiger partial charge < -0.3 is 19.9 Å². The molecule has 34 heavy (non-hydrogen) atoms. The Hall–Kier alpha value is -4.28. The Labute approximate surface area is 194 Å². The van der Waals surface area contributed by atoms with Gasteiger partial charge in [-0.3, -0.25) is 9.20 Å². The highest BCUT2D eigenvalue weighted by molar-refractivity contribution is 6.04. The summed E-state index contributed by atoms with van der Waals surface area (Å²) in [6.07, 6.45) is 2.55. The maximum absolute atomic E-state index is 14.7. The summed E-state index contributed by atoms with van der Waals surface area (Å²) in [6.45, 7) is 6.80. The smallest absolute Gasteiger partial charge is 0.408 e. The van der Waals surface area contributed by atoms with Crippen molar-refractivity contribution in [2.24, 2.45) is 0 Å². The number of carbonyl (C=O) groups is 2. The number of halogens is 1. The molecule has 0 aliphatic heterocycles. The number of hydrogen-bond acceptors (Lipinski definition) is 7. The van der Waals surface area contributed by atoms with E-state index in [0.29, 0.717) is 22.6 Å². The maximum Gasteiger partial charge on any atom is 0.408 e. The van der Waals surface area contributed by atoms with Crippen LogP contribution in [0.15, 0.2) is 47.2 Å². The van der Waals surface area contributed by atoms with E-state index in [1.807, 2.05) is 6.07 Å². The van der Waals surface area contributed by atoms with Crippen molar-refractivity contribution in [3.63, 3.8) is 0 Å². The lowest BCUT2D eigenvalue weighted by Crippen LogP contribution is -2.32. The highest BCUT2D eigenvalue weighted by Crippen LogP contribution is 2.27. The number of imidazole rings is 1. The topological polar surface area (TPSA) is 124 Å². The maximum atomic E-state index is 14.7. The van der Waals surface area contributed by atoms with Crippen molar-refractivity contribution in [1.29, 1.82) is 0 Å². The Kier molecular flexibility index (Phi) is 6.01. The fourth-order valence-corrected chi connectivity index (χ4v) is 3.16. The molecule has 2 N–H and O–H groups in total. The van der Waals surface area contributed by atoms with E-state index in [0.717, 1.165) is 0 Å². The molecule has 0 radical (unpaired) electrons. The number of ether oxygens (including phenoxy) is 1. The number of aryl methyl sites for hydroxylation is 1. The number of amides is 2. The van der Waals surface area contributed by atoms with Crippen LogP contribution in [0.3, 0.4) is 0 Å². The Bertz CT molecular complexity index is 1370. The van der Waals surface area contributed by atoms with Gasteiger partial charge in [-0.2, -0.15) is 4.98 Å². The van der Waals surface area contributed by atoms with Crippen molar-refractivity contribution >= 4 is 23.3 Å². The van der Waals surface area contributed by atoms with Crippen LogP contribution in [0.25, 0.3) is 17.0 Å². The molecule has 3 aromatic heterocycles. The third-order valence-electron chi connectivity index (χ3n) is 4.70. The van der Waals surface area contributed by atoms with Crippen LogP contribution in [0, 0.1) is 12.7 Å². The normalized spacial score (nSPS) is 11.4. The summed E-state index contributed by atoms with van der Waals surface area (Å²) < 4.78 is 26.6. The van der Waals surface area contributed by atoms with E-state index in [1.165, 1.54) is 18.3 Å². The molecule has 0 fully saturated rings. The van der Waals surface area contributed by atoms with Crippen LogP contribution in [0.1, 0.15) is 42.7 Å². The SMILES string of the molecule is Cc1cc(F)c(-c2noc(CNC(=O)OC(C)(C)C)n2)cc1NC(=O)c1cnc2ccccn12. The van der Waals surface area contributed by atoms with Gasteiger partial charge in [0.05, 0.1) is 11.8 Å². The number of benzene rings is 1. The molecule has 3 heterocycles. The number of anilines is 1. The number of fused-ring (bicyclic) bond motifs is 1. The van der Waals surface area contributed by atoms with Gasteiger partial charge in [0.1, 0.15) is 29.3 Å². The van der Waals surface area contributed by atoms with Gasteiger partial charge in [-0.05, 0) is 57.5 Å². The summed E-state index contributed by atoms with van der Waals surface area (Å²) in [7, 11) is 0. The average Bonchev–Trinajstić information content (AvgIpc) is 3.40. The van der Waals surface area contributed by atoms with E-state index in [2.05, 4.69) is 25.8 Å². The lowest BCUT2D eigenvalue weighted by atomic mass is 10.1. The van der Waals surface area contributed by atoms with Crippen molar-refractivity contribution in [1.82, 2.24) is 24.8 Å². The number of aromatic nitrogens is 4. The Morgan fingerprint density at radius 1 is 1.24 bits per heavy atom. The third-order valence-corrected chi connectivity index (χ3v) is 4.70. The van der Waals surface area contributed by atoms with Crippen molar-refractivity contribution in [2.45, 2.75) is 39.8 Å². The van der Waals surface area contributed by atoms with Gasteiger partial charge >= 0.3 is 6.09 Å². The van der Waals surface area contributed by atoms with E-state index < -0.39 is 23.4 Å². The van der Waals surface area contributed by atoms with Crippen molar-refractivity contribution < 1.29 is 23.2 Å². The molecule has 2 amide bonds. The van der Waals surface area contributed by atoms with E-state index in [4.69, 9.17) is 9.26 Å². The first-order chi connectivity index (χ1) is 16.1. The second-order valence-corrected chi connectivity index (χ2v) is 8.54. The van der Waals surface area contributed by atoms with Crippen LogP contribution in [-0.2, 0) is 11.3 Å². The molecule has 1 aromatic carbocycles. The monoisotopic (exact) mass is 466 g/mol. The van der Waals surface area contributed by atoms with Gasteiger partial charge in [0, 0.05) is 11.9 Å². The minimum Gasteiger partial charge on any atom is -0.444 e. The molecule has 4 rings (SSSR count). The second kappa shape index (κ2) is 8.93. The van der Waals surface area contributed by atoms with Crippen LogP contribution in [0.5, 0.6) is 0 Å². The average molecular weight is 466 g/mol. The number of hydrogen-bond donors (Lipinski definition) is 2. The quantitative estimate of drug-likeness (QED) is 0.454. The largest absolute Gasteiger partial charge is 0.444 e. The lowest BCUT2D eigenvalue weighted by molar-refractivity contribution is 0.0517. The first-order valence-electron chi connectivity index (χ1n) is 10.4. The summed E-state index contributed by atoms with van der Waals surface area (Å²) in [4.78, 5) is 33.0. The van der Waals surface area contributed by atoms with Crippen LogP contribution in [0.4, 0.5) is 14.9 Å². The van der Waals surface area contributed by atoms with E-state index in [9.17, 15) is 14.0 Å². The van der Waals surface area contributed by atoms with Gasteiger partial charge in [0.25, 0.3) is 5.91 Å². The van der Waals surface area contributed by atoms with Crippen molar-refractivity contribution in [2.75, 3.05) is 5.32 Å². The van der Waals surface area contributed by atoms with Gasteiger partial charge in [0.15, 0.2) is 0 Å². The number of rotatable bonds is 5. The minimum absolute atomic E-state index is 0.0243. The molecular formula is C23H23FN6O4. The summed E-state index contributed by atoms with van der Waals surface area (Å²) in [6, 6.07) is 8.10. The molecule has 0 unspecified atom stereocenters. The predicted molar refractivity (Wildman–Crippen MR) is 121 cm³/mol. The number of nitrogens with zero attached hydrogens (tertiary/aromatic N) is 4. The highest BCUT2D eigenvalue weighted by atomic mass is 19.1. The van der Waals surface area contributed by atoms with Crippen LogP contribution in [0.2, 0.25) is 0 Å². The molecule has 0 aliphatic carbocycles. The van der Waals surface area contributed by atoms with Crippen LogP contribution < -0.4 is 10.6 Å². The molecule has 10 nitrogen and oxygen atoms in total. The zero-order valence-electron chi connectivity index (χ0n) is 19.0. The number of alkyl carbamates (subject to hydrolysis) is 1.